The van der Waals surface area contributed by atoms with Crippen molar-refractivity contribution in [2.75, 3.05) is 0 Å². The molecule has 1 saturated carbocycles. The van der Waals surface area contributed by atoms with E-state index >= 15 is 0 Å². The maximum absolute atomic E-state index is 6.29. The second kappa shape index (κ2) is 6.08. The molecule has 1 aliphatic rings. The molecule has 2 rings (SSSR count). The molecule has 2 heteroatoms. The van der Waals surface area contributed by atoms with E-state index in [9.17, 15) is 0 Å². The Morgan fingerprint density at radius 1 is 1.22 bits per heavy atom. The number of hydrogen-bond acceptors (Lipinski definition) is 1. The molecule has 1 aliphatic carbocycles. The van der Waals surface area contributed by atoms with E-state index in [2.05, 4.69) is 26.0 Å². The van der Waals surface area contributed by atoms with Crippen LogP contribution in [0, 0.1) is 17.8 Å². The van der Waals surface area contributed by atoms with Crippen molar-refractivity contribution in [1.29, 1.82) is 0 Å². The van der Waals surface area contributed by atoms with Gasteiger partial charge in [-0.05, 0) is 61.1 Å². The van der Waals surface area contributed by atoms with Crippen LogP contribution in [0.3, 0.4) is 0 Å². The van der Waals surface area contributed by atoms with Gasteiger partial charge in [-0.25, -0.2) is 0 Å². The van der Waals surface area contributed by atoms with Crippen molar-refractivity contribution in [1.82, 2.24) is 0 Å². The highest BCUT2D eigenvalue weighted by Crippen LogP contribution is 2.34. The Balaban J connectivity index is 2.00. The number of benzene rings is 1. The van der Waals surface area contributed by atoms with E-state index in [1.165, 1.54) is 24.8 Å². The van der Waals surface area contributed by atoms with Crippen LogP contribution in [0.25, 0.3) is 0 Å². The summed E-state index contributed by atoms with van der Waals surface area (Å²) in [6.45, 7) is 4.67. The van der Waals surface area contributed by atoms with Gasteiger partial charge in [0.2, 0.25) is 0 Å². The van der Waals surface area contributed by atoms with Gasteiger partial charge in [0, 0.05) is 11.1 Å². The van der Waals surface area contributed by atoms with Crippen LogP contribution in [0.4, 0.5) is 0 Å². The Hall–Kier alpha value is -0.530. The first-order valence-corrected chi connectivity index (χ1v) is 7.44. The second-order valence-electron chi connectivity index (χ2n) is 6.07. The van der Waals surface area contributed by atoms with Gasteiger partial charge in [0.25, 0.3) is 0 Å². The summed E-state index contributed by atoms with van der Waals surface area (Å²) in [6.07, 6.45) is 4.86. The lowest BCUT2D eigenvalue weighted by molar-refractivity contribution is 0.189. The van der Waals surface area contributed by atoms with Crippen LogP contribution in [0.15, 0.2) is 24.3 Å². The predicted molar refractivity (Wildman–Crippen MR) is 78.8 cm³/mol. The third kappa shape index (κ3) is 3.49. The summed E-state index contributed by atoms with van der Waals surface area (Å²) in [5.74, 6) is 2.26. The van der Waals surface area contributed by atoms with Crippen LogP contribution in [-0.2, 0) is 6.42 Å². The summed E-state index contributed by atoms with van der Waals surface area (Å²) in [5, 5.41) is 0.812. The molecule has 0 unspecified atom stereocenters. The quantitative estimate of drug-likeness (QED) is 0.867. The van der Waals surface area contributed by atoms with Gasteiger partial charge in [-0.1, -0.05) is 37.6 Å². The predicted octanol–water partition coefficient (Wildman–Crippen LogP) is 4.28. The smallest absolute Gasteiger partial charge is 0.0406 e. The summed E-state index contributed by atoms with van der Waals surface area (Å²) >= 11 is 5.92. The molecule has 0 spiro atoms. The SMILES string of the molecule is CC(C)[C@@H]1CC[C@H](N)[C@@H](Cc2ccc(Cl)cc2)C1. The van der Waals surface area contributed by atoms with Crippen molar-refractivity contribution in [2.45, 2.75) is 45.6 Å². The minimum Gasteiger partial charge on any atom is -0.327 e. The summed E-state index contributed by atoms with van der Waals surface area (Å²) in [6, 6.07) is 8.59. The molecule has 3 atom stereocenters. The lowest BCUT2D eigenvalue weighted by atomic mass is 9.72. The summed E-state index contributed by atoms with van der Waals surface area (Å²) in [4.78, 5) is 0. The van der Waals surface area contributed by atoms with Gasteiger partial charge < -0.3 is 5.73 Å². The van der Waals surface area contributed by atoms with E-state index in [0.717, 1.165) is 23.3 Å². The monoisotopic (exact) mass is 265 g/mol. The van der Waals surface area contributed by atoms with Crippen LogP contribution >= 0.6 is 11.6 Å². The summed E-state index contributed by atoms with van der Waals surface area (Å²) in [7, 11) is 0. The van der Waals surface area contributed by atoms with Crippen molar-refractivity contribution in [3.05, 3.63) is 34.9 Å². The van der Waals surface area contributed by atoms with E-state index < -0.39 is 0 Å². The van der Waals surface area contributed by atoms with Crippen LogP contribution in [0.1, 0.15) is 38.7 Å². The van der Waals surface area contributed by atoms with Crippen molar-refractivity contribution in [2.24, 2.45) is 23.5 Å². The normalized spacial score (nSPS) is 28.6. The lowest BCUT2D eigenvalue weighted by Gasteiger charge is -2.36. The highest BCUT2D eigenvalue weighted by atomic mass is 35.5. The summed E-state index contributed by atoms with van der Waals surface area (Å²) < 4.78 is 0. The fraction of sp³-hybridized carbons (Fsp3) is 0.625. The first kappa shape index (κ1) is 13.9. The average Bonchev–Trinajstić information content (AvgIpc) is 2.34. The van der Waals surface area contributed by atoms with Crippen LogP contribution < -0.4 is 5.73 Å². The third-order valence-electron chi connectivity index (χ3n) is 4.44. The Morgan fingerprint density at radius 2 is 1.89 bits per heavy atom. The molecule has 18 heavy (non-hydrogen) atoms. The van der Waals surface area contributed by atoms with Crippen molar-refractivity contribution >= 4 is 11.6 Å². The topological polar surface area (TPSA) is 26.0 Å². The Morgan fingerprint density at radius 3 is 2.50 bits per heavy atom. The molecule has 1 aromatic carbocycles. The zero-order chi connectivity index (χ0) is 13.1. The number of hydrogen-bond donors (Lipinski definition) is 1. The Kier molecular flexibility index (Phi) is 4.69. The standard InChI is InChI=1S/C16H24ClN/c1-11(2)13-5-8-16(18)14(10-13)9-12-3-6-15(17)7-4-12/h3-4,6-7,11,13-14,16H,5,8-10,18H2,1-2H3/t13-,14+,16+/m1/s1. The van der Waals surface area contributed by atoms with Gasteiger partial charge in [-0.15, -0.1) is 0 Å². The molecule has 0 amide bonds. The number of halogens is 1. The Labute approximate surface area is 116 Å². The molecular weight excluding hydrogens is 242 g/mol. The molecule has 100 valence electrons. The van der Waals surface area contributed by atoms with Crippen LogP contribution in [0.2, 0.25) is 5.02 Å². The zero-order valence-electron chi connectivity index (χ0n) is 11.4. The molecule has 2 N–H and O–H groups in total. The molecule has 0 aromatic heterocycles. The molecule has 0 radical (unpaired) electrons. The zero-order valence-corrected chi connectivity index (χ0v) is 12.2. The molecular formula is C16H24ClN. The highest BCUT2D eigenvalue weighted by molar-refractivity contribution is 6.30. The van der Waals surface area contributed by atoms with Crippen molar-refractivity contribution < 1.29 is 0 Å². The van der Waals surface area contributed by atoms with Crippen molar-refractivity contribution in [3.63, 3.8) is 0 Å². The number of rotatable bonds is 3. The first-order valence-electron chi connectivity index (χ1n) is 7.06. The molecule has 1 fully saturated rings. The highest BCUT2D eigenvalue weighted by Gasteiger charge is 2.29. The van der Waals surface area contributed by atoms with E-state index in [1.54, 1.807) is 0 Å². The fourth-order valence-electron chi connectivity index (χ4n) is 3.09. The summed E-state index contributed by atoms with van der Waals surface area (Å²) in [5.41, 5.74) is 7.66. The van der Waals surface area contributed by atoms with Crippen LogP contribution in [0.5, 0.6) is 0 Å². The minimum atomic E-state index is 0.371. The van der Waals surface area contributed by atoms with E-state index in [1.807, 2.05) is 12.1 Å². The Bertz CT molecular complexity index is 371. The van der Waals surface area contributed by atoms with E-state index in [4.69, 9.17) is 17.3 Å². The van der Waals surface area contributed by atoms with Crippen molar-refractivity contribution in [3.8, 4) is 0 Å². The maximum atomic E-state index is 6.29. The van der Waals surface area contributed by atoms with Gasteiger partial charge >= 0.3 is 0 Å². The molecule has 0 bridgehead atoms. The largest absolute Gasteiger partial charge is 0.327 e. The lowest BCUT2D eigenvalue weighted by Crippen LogP contribution is -2.38. The molecule has 0 heterocycles. The average molecular weight is 266 g/mol. The van der Waals surface area contributed by atoms with Crippen LogP contribution in [-0.4, -0.2) is 6.04 Å². The van der Waals surface area contributed by atoms with Gasteiger partial charge in [0.1, 0.15) is 0 Å². The molecule has 1 aromatic rings. The molecule has 0 saturated heterocycles. The van der Waals surface area contributed by atoms with Gasteiger partial charge in [0.05, 0.1) is 0 Å². The minimum absolute atomic E-state index is 0.371. The molecule has 0 aliphatic heterocycles. The second-order valence-corrected chi connectivity index (χ2v) is 6.51. The first-order chi connectivity index (χ1) is 8.56. The van der Waals surface area contributed by atoms with E-state index in [-0.39, 0.29) is 0 Å². The fourth-order valence-corrected chi connectivity index (χ4v) is 3.21. The van der Waals surface area contributed by atoms with E-state index in [0.29, 0.717) is 12.0 Å². The number of nitrogens with two attached hydrogens (primary N) is 1. The van der Waals surface area contributed by atoms with Gasteiger partial charge in [-0.2, -0.15) is 0 Å². The maximum Gasteiger partial charge on any atom is 0.0406 e. The molecule has 1 nitrogen and oxygen atoms in total. The van der Waals surface area contributed by atoms with Gasteiger partial charge in [-0.3, -0.25) is 0 Å². The van der Waals surface area contributed by atoms with Gasteiger partial charge in [0.15, 0.2) is 0 Å². The third-order valence-corrected chi connectivity index (χ3v) is 4.69.